The van der Waals surface area contributed by atoms with Crippen molar-refractivity contribution in [1.29, 1.82) is 0 Å². The molecule has 4 nitrogen and oxygen atoms in total. The minimum absolute atomic E-state index is 0.309. The monoisotopic (exact) mass is 243 g/mol. The first-order chi connectivity index (χ1) is 8.38. The van der Waals surface area contributed by atoms with Gasteiger partial charge in [-0.25, -0.2) is 0 Å². The molecule has 2 atom stereocenters. The van der Waals surface area contributed by atoms with E-state index in [-0.39, 0.29) is 0 Å². The van der Waals surface area contributed by atoms with Crippen molar-refractivity contribution in [2.45, 2.75) is 50.4 Å². The molecule has 0 spiro atoms. The van der Waals surface area contributed by atoms with Crippen LogP contribution in [-0.2, 0) is 14.2 Å². The van der Waals surface area contributed by atoms with Gasteiger partial charge in [-0.05, 0) is 32.1 Å². The van der Waals surface area contributed by atoms with Crippen LogP contribution in [0.2, 0.25) is 0 Å². The number of ether oxygens (including phenoxy) is 3. The van der Waals surface area contributed by atoms with Gasteiger partial charge in [0.05, 0.1) is 18.8 Å². The summed E-state index contributed by atoms with van der Waals surface area (Å²) < 4.78 is 16.5. The van der Waals surface area contributed by atoms with Crippen molar-refractivity contribution in [3.8, 4) is 0 Å². The van der Waals surface area contributed by atoms with E-state index in [1.807, 2.05) is 0 Å². The van der Waals surface area contributed by atoms with Crippen LogP contribution < -0.4 is 5.32 Å². The minimum Gasteiger partial charge on any atom is -0.385 e. The fourth-order valence-corrected chi connectivity index (χ4v) is 2.16. The van der Waals surface area contributed by atoms with E-state index in [0.29, 0.717) is 12.2 Å². The van der Waals surface area contributed by atoms with Gasteiger partial charge in [0.1, 0.15) is 0 Å². The van der Waals surface area contributed by atoms with Gasteiger partial charge >= 0.3 is 0 Å². The average molecular weight is 243 g/mol. The molecule has 1 aliphatic heterocycles. The molecule has 2 fully saturated rings. The number of hydrogen-bond donors (Lipinski definition) is 1. The van der Waals surface area contributed by atoms with E-state index in [2.05, 4.69) is 5.32 Å². The summed E-state index contributed by atoms with van der Waals surface area (Å²) in [6, 6.07) is 0.781. The minimum atomic E-state index is 0.309. The van der Waals surface area contributed by atoms with Crippen LogP contribution in [0.25, 0.3) is 0 Å². The molecular weight excluding hydrogens is 218 g/mol. The molecule has 1 heterocycles. The topological polar surface area (TPSA) is 39.7 Å². The van der Waals surface area contributed by atoms with Crippen molar-refractivity contribution < 1.29 is 14.2 Å². The van der Waals surface area contributed by atoms with Gasteiger partial charge in [0.2, 0.25) is 0 Å². The van der Waals surface area contributed by atoms with Crippen molar-refractivity contribution in [3.63, 3.8) is 0 Å². The highest BCUT2D eigenvalue weighted by Gasteiger charge is 2.27. The van der Waals surface area contributed by atoms with Gasteiger partial charge in [0.15, 0.2) is 0 Å². The Labute approximate surface area is 104 Å². The molecule has 1 saturated carbocycles. The summed E-state index contributed by atoms with van der Waals surface area (Å²) in [5.74, 6) is 0. The zero-order valence-corrected chi connectivity index (χ0v) is 10.8. The van der Waals surface area contributed by atoms with E-state index in [1.54, 1.807) is 7.11 Å². The number of hydrogen-bond acceptors (Lipinski definition) is 4. The summed E-state index contributed by atoms with van der Waals surface area (Å²) in [4.78, 5) is 0. The summed E-state index contributed by atoms with van der Waals surface area (Å²) in [5.41, 5.74) is 0. The quantitative estimate of drug-likeness (QED) is 0.620. The van der Waals surface area contributed by atoms with Crippen molar-refractivity contribution in [1.82, 2.24) is 5.32 Å². The summed E-state index contributed by atoms with van der Waals surface area (Å²) in [6.45, 7) is 3.31. The molecule has 0 aromatic heterocycles. The molecule has 0 bridgehead atoms. The molecule has 17 heavy (non-hydrogen) atoms. The summed E-state index contributed by atoms with van der Waals surface area (Å²) >= 11 is 0. The van der Waals surface area contributed by atoms with E-state index in [1.165, 1.54) is 19.3 Å². The second-order valence-corrected chi connectivity index (χ2v) is 5.06. The van der Waals surface area contributed by atoms with Crippen LogP contribution in [-0.4, -0.2) is 51.7 Å². The Bertz CT molecular complexity index is 209. The standard InChI is InChI=1S/C13H25NO3/c1-15-7-2-8-16-10-13-6-5-12(17-13)9-14-11-3-4-11/h11-14H,2-10H2,1H3. The Hall–Kier alpha value is -0.160. The Morgan fingerprint density at radius 2 is 1.94 bits per heavy atom. The smallest absolute Gasteiger partial charge is 0.0813 e. The largest absolute Gasteiger partial charge is 0.385 e. The molecule has 100 valence electrons. The molecule has 0 radical (unpaired) electrons. The first kappa shape index (κ1) is 13.3. The fourth-order valence-electron chi connectivity index (χ4n) is 2.16. The molecule has 2 rings (SSSR count). The van der Waals surface area contributed by atoms with Crippen LogP contribution in [0.1, 0.15) is 32.1 Å². The highest BCUT2D eigenvalue weighted by atomic mass is 16.5. The molecule has 2 aliphatic rings. The van der Waals surface area contributed by atoms with Crippen molar-refractivity contribution in [2.24, 2.45) is 0 Å². The number of rotatable bonds is 9. The SMILES string of the molecule is COCCCOCC1CCC(CNC2CC2)O1. The predicted molar refractivity (Wildman–Crippen MR) is 66.2 cm³/mol. The van der Waals surface area contributed by atoms with Crippen molar-refractivity contribution in [3.05, 3.63) is 0 Å². The lowest BCUT2D eigenvalue weighted by Crippen LogP contribution is -2.29. The van der Waals surface area contributed by atoms with Gasteiger partial charge in [-0.2, -0.15) is 0 Å². The third kappa shape index (κ3) is 5.34. The van der Waals surface area contributed by atoms with Crippen LogP contribution in [0.3, 0.4) is 0 Å². The average Bonchev–Trinajstić information content (AvgIpc) is 3.06. The first-order valence-corrected chi connectivity index (χ1v) is 6.84. The predicted octanol–water partition coefficient (Wildman–Crippen LogP) is 1.34. The van der Waals surface area contributed by atoms with Gasteiger partial charge < -0.3 is 19.5 Å². The van der Waals surface area contributed by atoms with Crippen LogP contribution in [0.4, 0.5) is 0 Å². The highest BCUT2D eigenvalue weighted by molar-refractivity contribution is 4.84. The highest BCUT2D eigenvalue weighted by Crippen LogP contribution is 2.22. The van der Waals surface area contributed by atoms with Crippen molar-refractivity contribution >= 4 is 0 Å². The Balaban J connectivity index is 1.45. The van der Waals surface area contributed by atoms with Crippen LogP contribution in [0.15, 0.2) is 0 Å². The molecule has 0 aromatic rings. The zero-order valence-electron chi connectivity index (χ0n) is 10.8. The van der Waals surface area contributed by atoms with Gasteiger partial charge in [0, 0.05) is 32.9 Å². The fraction of sp³-hybridized carbons (Fsp3) is 1.00. The molecule has 4 heteroatoms. The summed E-state index contributed by atoms with van der Waals surface area (Å²) in [6.07, 6.45) is 6.69. The normalized spacial score (nSPS) is 28.8. The molecule has 1 aliphatic carbocycles. The van der Waals surface area contributed by atoms with Gasteiger partial charge in [-0.15, -0.1) is 0 Å². The Morgan fingerprint density at radius 1 is 1.12 bits per heavy atom. The van der Waals surface area contributed by atoms with Gasteiger partial charge in [-0.3, -0.25) is 0 Å². The third-order valence-corrected chi connectivity index (χ3v) is 3.35. The molecule has 0 amide bonds. The van der Waals surface area contributed by atoms with Crippen molar-refractivity contribution in [2.75, 3.05) is 33.5 Å². The molecule has 1 N–H and O–H groups in total. The molecular formula is C13H25NO3. The van der Waals surface area contributed by atoms with E-state index >= 15 is 0 Å². The lowest BCUT2D eigenvalue weighted by molar-refractivity contribution is -0.0174. The number of methoxy groups -OCH3 is 1. The first-order valence-electron chi connectivity index (χ1n) is 6.84. The summed E-state index contributed by atoms with van der Waals surface area (Å²) in [7, 11) is 1.72. The molecule has 1 saturated heterocycles. The maximum Gasteiger partial charge on any atom is 0.0813 e. The zero-order chi connectivity index (χ0) is 11.9. The maximum absolute atomic E-state index is 5.93. The second-order valence-electron chi connectivity index (χ2n) is 5.06. The third-order valence-electron chi connectivity index (χ3n) is 3.35. The maximum atomic E-state index is 5.93. The van der Waals surface area contributed by atoms with E-state index in [0.717, 1.165) is 45.2 Å². The van der Waals surface area contributed by atoms with Gasteiger partial charge in [-0.1, -0.05) is 0 Å². The Kier molecular flexibility index (Phi) is 5.71. The molecule has 2 unspecified atom stereocenters. The van der Waals surface area contributed by atoms with Crippen LogP contribution in [0.5, 0.6) is 0 Å². The van der Waals surface area contributed by atoms with Gasteiger partial charge in [0.25, 0.3) is 0 Å². The van der Waals surface area contributed by atoms with Crippen LogP contribution >= 0.6 is 0 Å². The Morgan fingerprint density at radius 3 is 2.71 bits per heavy atom. The van der Waals surface area contributed by atoms with E-state index < -0.39 is 0 Å². The second kappa shape index (κ2) is 7.31. The van der Waals surface area contributed by atoms with E-state index in [9.17, 15) is 0 Å². The number of nitrogens with one attached hydrogen (secondary N) is 1. The van der Waals surface area contributed by atoms with Crippen LogP contribution in [0, 0.1) is 0 Å². The van der Waals surface area contributed by atoms with E-state index in [4.69, 9.17) is 14.2 Å². The summed E-state index contributed by atoms with van der Waals surface area (Å²) in [5, 5.41) is 3.52. The lowest BCUT2D eigenvalue weighted by Gasteiger charge is -2.14. The molecule has 0 aromatic carbocycles. The lowest BCUT2D eigenvalue weighted by atomic mass is 10.2.